The number of benzene rings is 2. The first kappa shape index (κ1) is 27.3. The van der Waals surface area contributed by atoms with E-state index >= 15 is 0 Å². The van der Waals surface area contributed by atoms with Gasteiger partial charge in [0.1, 0.15) is 22.7 Å². The average molecular weight is 542 g/mol. The van der Waals surface area contributed by atoms with E-state index in [4.69, 9.17) is 4.42 Å². The molecular weight excluding hydrogens is 507 g/mol. The van der Waals surface area contributed by atoms with Crippen LogP contribution in [-0.4, -0.2) is 61.8 Å². The number of piperazine rings is 1. The molecule has 0 radical (unpaired) electrons. The molecule has 39 heavy (non-hydrogen) atoms. The second kappa shape index (κ2) is 10.4. The van der Waals surface area contributed by atoms with E-state index in [-0.39, 0.29) is 17.9 Å². The van der Waals surface area contributed by atoms with Gasteiger partial charge in [0, 0.05) is 42.6 Å². The molecule has 2 heterocycles. The molecule has 1 amide bonds. The number of halogens is 3. The highest BCUT2D eigenvalue weighted by molar-refractivity contribution is 6.06. The topological polar surface area (TPSA) is 84.5 Å². The Kier molecular flexibility index (Phi) is 7.25. The van der Waals surface area contributed by atoms with E-state index < -0.39 is 29.7 Å². The number of anilines is 1. The Labute approximate surface area is 225 Å². The summed E-state index contributed by atoms with van der Waals surface area (Å²) in [7, 11) is 2.10. The highest BCUT2D eigenvalue weighted by Gasteiger charge is 2.47. The van der Waals surface area contributed by atoms with Gasteiger partial charge in [0.2, 0.25) is 5.91 Å². The van der Waals surface area contributed by atoms with Crippen LogP contribution in [0, 0.1) is 17.2 Å². The van der Waals surface area contributed by atoms with Gasteiger partial charge in [-0.2, -0.15) is 18.4 Å². The Morgan fingerprint density at radius 3 is 2.41 bits per heavy atom. The number of likely N-dealkylation sites (N-methyl/N-ethyl adjacent to an activating group) is 1. The van der Waals surface area contributed by atoms with Crippen molar-refractivity contribution < 1.29 is 22.4 Å². The predicted octanol–water partition coefficient (Wildman–Crippen LogP) is 5.12. The maximum absolute atomic E-state index is 14.4. The Morgan fingerprint density at radius 1 is 1.08 bits per heavy atom. The molecule has 2 unspecified atom stereocenters. The van der Waals surface area contributed by atoms with Crippen LogP contribution in [0.1, 0.15) is 44.7 Å². The summed E-state index contributed by atoms with van der Waals surface area (Å²) in [6.07, 6.45) is -3.45. The number of rotatable bonds is 8. The monoisotopic (exact) mass is 541 g/mol. The predicted molar refractivity (Wildman–Crippen MR) is 144 cm³/mol. The molecule has 1 aliphatic carbocycles. The van der Waals surface area contributed by atoms with Crippen LogP contribution in [0.3, 0.4) is 0 Å². The molecule has 2 N–H and O–H groups in total. The summed E-state index contributed by atoms with van der Waals surface area (Å²) < 4.78 is 49.1. The van der Waals surface area contributed by atoms with Crippen molar-refractivity contribution in [3.05, 3.63) is 42.0 Å². The summed E-state index contributed by atoms with van der Waals surface area (Å²) in [6, 6.07) is 9.30. The van der Waals surface area contributed by atoms with Gasteiger partial charge in [-0.1, -0.05) is 26.0 Å². The Balaban J connectivity index is 1.44. The molecule has 10 heteroatoms. The molecule has 5 rings (SSSR count). The van der Waals surface area contributed by atoms with Gasteiger partial charge in [-0.3, -0.25) is 10.1 Å². The Morgan fingerprint density at radius 2 is 1.79 bits per heavy atom. The molecule has 7 nitrogen and oxygen atoms in total. The molecule has 2 aliphatic rings. The molecule has 2 atom stereocenters. The second-order valence-corrected chi connectivity index (χ2v) is 11.3. The van der Waals surface area contributed by atoms with E-state index in [2.05, 4.69) is 33.6 Å². The molecule has 0 spiro atoms. The van der Waals surface area contributed by atoms with Crippen molar-refractivity contribution in [3.63, 3.8) is 0 Å². The number of nitriles is 1. The third-order valence-corrected chi connectivity index (χ3v) is 7.73. The minimum Gasteiger partial charge on any atom is -0.456 e. The molecule has 2 fully saturated rings. The van der Waals surface area contributed by atoms with E-state index in [1.165, 1.54) is 12.1 Å². The molecule has 1 aliphatic heterocycles. The van der Waals surface area contributed by atoms with Crippen molar-refractivity contribution in [1.29, 1.82) is 5.26 Å². The summed E-state index contributed by atoms with van der Waals surface area (Å²) in [5.41, 5.74) is 1.04. The molecule has 1 saturated heterocycles. The first-order chi connectivity index (χ1) is 18.5. The number of hydrogen-bond donors (Lipinski definition) is 2. The van der Waals surface area contributed by atoms with Crippen molar-refractivity contribution >= 4 is 33.5 Å². The van der Waals surface area contributed by atoms with Gasteiger partial charge in [0.15, 0.2) is 0 Å². The smallest absolute Gasteiger partial charge is 0.407 e. The van der Waals surface area contributed by atoms with Gasteiger partial charge < -0.3 is 19.5 Å². The Hall–Kier alpha value is -3.29. The quantitative estimate of drug-likeness (QED) is 0.412. The van der Waals surface area contributed by atoms with Crippen molar-refractivity contribution in [3.8, 4) is 6.07 Å². The number of nitrogens with zero attached hydrogens (tertiary/aromatic N) is 3. The SMILES string of the molecule is CC(C)CC(NC(c1ccc2c(c1)oc1ccc(N3CCN(C)CC3)cc12)C(F)(F)F)C(=O)NC1(C#N)CC1. The normalized spacial score (nSPS) is 19.3. The van der Waals surface area contributed by atoms with E-state index in [0.717, 1.165) is 42.6 Å². The van der Waals surface area contributed by atoms with Gasteiger partial charge in [-0.05, 0) is 62.1 Å². The number of fused-ring (bicyclic) bond motifs is 3. The number of carbonyl (C=O) groups excluding carboxylic acids is 1. The van der Waals surface area contributed by atoms with Crippen LogP contribution in [0.2, 0.25) is 0 Å². The van der Waals surface area contributed by atoms with Crippen LogP contribution in [-0.2, 0) is 4.79 Å². The summed E-state index contributed by atoms with van der Waals surface area (Å²) in [4.78, 5) is 17.6. The average Bonchev–Trinajstić information content (AvgIpc) is 3.56. The molecule has 3 aromatic rings. The standard InChI is InChI=1S/C29H34F3N5O2/c1-18(2)14-23(27(38)35-28(17-33)8-9-28)34-26(29(30,31)32)19-4-6-21-22-16-20(37-12-10-36(3)11-13-37)5-7-24(22)39-25(21)15-19/h4-7,15-16,18,23,26,34H,8-14H2,1-3H3,(H,35,38). The van der Waals surface area contributed by atoms with Crippen LogP contribution in [0.4, 0.5) is 18.9 Å². The lowest BCUT2D eigenvalue weighted by molar-refractivity contribution is -0.161. The molecule has 1 aromatic heterocycles. The lowest BCUT2D eigenvalue weighted by Crippen LogP contribution is -2.52. The van der Waals surface area contributed by atoms with Gasteiger partial charge in [-0.15, -0.1) is 0 Å². The van der Waals surface area contributed by atoms with Crippen LogP contribution in [0.15, 0.2) is 40.8 Å². The fourth-order valence-electron chi connectivity index (χ4n) is 5.24. The van der Waals surface area contributed by atoms with Crippen molar-refractivity contribution in [2.45, 2.75) is 56.9 Å². The fourth-order valence-corrected chi connectivity index (χ4v) is 5.24. The van der Waals surface area contributed by atoms with E-state index in [9.17, 15) is 23.2 Å². The summed E-state index contributed by atoms with van der Waals surface area (Å²) >= 11 is 0. The maximum Gasteiger partial charge on any atom is 0.407 e. The summed E-state index contributed by atoms with van der Waals surface area (Å²) in [6.45, 7) is 7.43. The fraction of sp³-hybridized carbons (Fsp3) is 0.517. The van der Waals surface area contributed by atoms with E-state index in [1.54, 1.807) is 6.07 Å². The van der Waals surface area contributed by atoms with Crippen LogP contribution in [0.25, 0.3) is 21.9 Å². The summed E-state index contributed by atoms with van der Waals surface area (Å²) in [5, 5.41) is 16.2. The highest BCUT2D eigenvalue weighted by Crippen LogP contribution is 2.39. The zero-order valence-corrected chi connectivity index (χ0v) is 22.4. The third kappa shape index (κ3) is 5.85. The minimum absolute atomic E-state index is 0.0312. The zero-order valence-electron chi connectivity index (χ0n) is 22.4. The van der Waals surface area contributed by atoms with Crippen molar-refractivity contribution in [2.24, 2.45) is 5.92 Å². The number of furan rings is 1. The summed E-state index contributed by atoms with van der Waals surface area (Å²) in [5.74, 6) is -0.620. The van der Waals surface area contributed by atoms with Gasteiger partial charge in [-0.25, -0.2) is 0 Å². The van der Waals surface area contributed by atoms with Crippen LogP contribution < -0.4 is 15.5 Å². The second-order valence-electron chi connectivity index (χ2n) is 11.3. The van der Waals surface area contributed by atoms with E-state index in [0.29, 0.717) is 24.0 Å². The van der Waals surface area contributed by atoms with E-state index in [1.807, 2.05) is 32.0 Å². The first-order valence-electron chi connectivity index (χ1n) is 13.4. The molecule has 1 saturated carbocycles. The van der Waals surface area contributed by atoms with Gasteiger partial charge >= 0.3 is 6.18 Å². The molecule has 0 bridgehead atoms. The third-order valence-electron chi connectivity index (χ3n) is 7.73. The highest BCUT2D eigenvalue weighted by atomic mass is 19.4. The Bertz CT molecular complexity index is 1400. The molecule has 2 aromatic carbocycles. The molecule has 208 valence electrons. The van der Waals surface area contributed by atoms with Gasteiger partial charge in [0.25, 0.3) is 0 Å². The number of hydrogen-bond acceptors (Lipinski definition) is 6. The first-order valence-corrected chi connectivity index (χ1v) is 13.4. The van der Waals surface area contributed by atoms with Crippen LogP contribution in [0.5, 0.6) is 0 Å². The lowest BCUT2D eigenvalue weighted by atomic mass is 9.98. The molecular formula is C29H34F3N5O2. The largest absolute Gasteiger partial charge is 0.456 e. The van der Waals surface area contributed by atoms with Crippen molar-refractivity contribution in [2.75, 3.05) is 38.1 Å². The number of amides is 1. The van der Waals surface area contributed by atoms with Gasteiger partial charge in [0.05, 0.1) is 12.1 Å². The number of alkyl halides is 3. The zero-order chi connectivity index (χ0) is 27.9. The van der Waals surface area contributed by atoms with Crippen molar-refractivity contribution in [1.82, 2.24) is 15.5 Å². The maximum atomic E-state index is 14.4. The number of carbonyl (C=O) groups is 1. The van der Waals surface area contributed by atoms with Crippen LogP contribution >= 0.6 is 0 Å². The minimum atomic E-state index is -4.66. The number of nitrogens with one attached hydrogen (secondary N) is 2. The lowest BCUT2D eigenvalue weighted by Gasteiger charge is -2.34.